The van der Waals surface area contributed by atoms with Crippen LogP contribution in [0.1, 0.15) is 13.3 Å². The molecular formula is C3H5Cl3O2Si. The van der Waals surface area contributed by atoms with Gasteiger partial charge in [0.1, 0.15) is 0 Å². The van der Waals surface area contributed by atoms with Crippen molar-refractivity contribution in [2.45, 2.75) is 13.3 Å². The van der Waals surface area contributed by atoms with E-state index in [-0.39, 0.29) is 6.42 Å². The van der Waals surface area contributed by atoms with Crippen molar-refractivity contribution in [3.63, 3.8) is 0 Å². The Balaban J connectivity index is 3.60. The normalized spacial score (nSPS) is 11.1. The maximum absolute atomic E-state index is 10.4. The molecule has 0 spiro atoms. The summed E-state index contributed by atoms with van der Waals surface area (Å²) in [5.74, 6) is -0.471. The number of hydrogen-bond donors (Lipinski definition) is 0. The summed E-state index contributed by atoms with van der Waals surface area (Å²) in [4.78, 5) is 10.4. The number of carbonyl (C=O) groups is 1. The highest BCUT2D eigenvalue weighted by Crippen LogP contribution is 2.21. The third-order valence-corrected chi connectivity index (χ3v) is 1.67. The Hall–Kier alpha value is 0.557. The molecule has 0 aliphatic carbocycles. The maximum Gasteiger partial charge on any atom is 0.557 e. The van der Waals surface area contributed by atoms with E-state index in [9.17, 15) is 4.79 Å². The standard InChI is InChI=1S/C3H5Cl3O2Si/c1-2-3(7)8-9(4,5)6/h2H2,1H3. The van der Waals surface area contributed by atoms with Gasteiger partial charge in [-0.25, -0.2) is 0 Å². The highest BCUT2D eigenvalue weighted by atomic mass is 35.8. The van der Waals surface area contributed by atoms with Gasteiger partial charge in [-0.05, 0) is 0 Å². The molecule has 0 saturated heterocycles. The molecule has 0 heterocycles. The van der Waals surface area contributed by atoms with Gasteiger partial charge in [0, 0.05) is 6.42 Å². The van der Waals surface area contributed by atoms with Crippen LogP contribution >= 0.6 is 33.2 Å². The lowest BCUT2D eigenvalue weighted by Crippen LogP contribution is -2.20. The second-order valence-electron chi connectivity index (χ2n) is 1.27. The van der Waals surface area contributed by atoms with Crippen molar-refractivity contribution in [1.82, 2.24) is 0 Å². The van der Waals surface area contributed by atoms with Crippen molar-refractivity contribution in [3.8, 4) is 0 Å². The third-order valence-electron chi connectivity index (χ3n) is 0.518. The predicted octanol–water partition coefficient (Wildman–Crippen LogP) is 2.09. The first-order valence-corrected chi connectivity index (χ1v) is 7.18. The average molecular weight is 208 g/mol. The molecule has 0 bridgehead atoms. The van der Waals surface area contributed by atoms with Crippen LogP contribution in [0.25, 0.3) is 0 Å². The lowest BCUT2D eigenvalue weighted by atomic mass is 10.5. The largest absolute Gasteiger partial charge is 0.557 e. The summed E-state index contributed by atoms with van der Waals surface area (Å²) in [5, 5.41) is 0. The molecule has 9 heavy (non-hydrogen) atoms. The molecule has 0 amide bonds. The van der Waals surface area contributed by atoms with Gasteiger partial charge in [0.25, 0.3) is 5.97 Å². The fourth-order valence-electron chi connectivity index (χ4n) is 0.201. The monoisotopic (exact) mass is 206 g/mol. The molecule has 0 fully saturated rings. The number of carbonyl (C=O) groups excluding carboxylic acids is 1. The van der Waals surface area contributed by atoms with E-state index in [0.717, 1.165) is 0 Å². The fourth-order valence-corrected chi connectivity index (χ4v) is 1.38. The van der Waals surface area contributed by atoms with Gasteiger partial charge in [-0.1, -0.05) is 40.2 Å². The molecule has 6 heteroatoms. The van der Waals surface area contributed by atoms with Crippen LogP contribution in [0.2, 0.25) is 0 Å². The van der Waals surface area contributed by atoms with E-state index in [4.69, 9.17) is 33.2 Å². The molecule has 2 nitrogen and oxygen atoms in total. The molecular weight excluding hydrogens is 202 g/mol. The topological polar surface area (TPSA) is 26.3 Å². The highest BCUT2D eigenvalue weighted by Gasteiger charge is 2.31. The van der Waals surface area contributed by atoms with Crippen LogP contribution in [-0.2, 0) is 9.22 Å². The second-order valence-corrected chi connectivity index (χ2v) is 8.90. The molecule has 0 aromatic heterocycles. The molecule has 0 radical (unpaired) electrons. The van der Waals surface area contributed by atoms with Crippen molar-refractivity contribution in [2.75, 3.05) is 0 Å². The van der Waals surface area contributed by atoms with E-state index in [1.54, 1.807) is 6.92 Å². The summed E-state index contributed by atoms with van der Waals surface area (Å²) >= 11 is 15.7. The summed E-state index contributed by atoms with van der Waals surface area (Å²) in [6.45, 7) is 1.63. The summed E-state index contributed by atoms with van der Waals surface area (Å²) in [6.07, 6.45) is -2.94. The van der Waals surface area contributed by atoms with E-state index >= 15 is 0 Å². The Kier molecular flexibility index (Phi) is 3.89. The van der Waals surface area contributed by atoms with Crippen molar-refractivity contribution in [2.24, 2.45) is 0 Å². The van der Waals surface area contributed by atoms with Gasteiger partial charge in [-0.3, -0.25) is 4.79 Å². The van der Waals surface area contributed by atoms with Gasteiger partial charge in [0.05, 0.1) is 0 Å². The summed E-state index contributed by atoms with van der Waals surface area (Å²) in [5.41, 5.74) is 0. The molecule has 0 aromatic rings. The Morgan fingerprint density at radius 1 is 1.56 bits per heavy atom. The number of rotatable bonds is 2. The molecule has 0 N–H and O–H groups in total. The minimum atomic E-state index is -3.17. The highest BCUT2D eigenvalue weighted by molar-refractivity contribution is 7.62. The van der Waals surface area contributed by atoms with E-state index < -0.39 is 12.2 Å². The van der Waals surface area contributed by atoms with Gasteiger partial charge >= 0.3 is 6.25 Å². The zero-order chi connectivity index (χ0) is 7.49. The Morgan fingerprint density at radius 2 is 2.00 bits per heavy atom. The van der Waals surface area contributed by atoms with Gasteiger partial charge in [-0.15, -0.1) is 0 Å². The first kappa shape index (κ1) is 9.56. The van der Waals surface area contributed by atoms with Crippen LogP contribution in [0.5, 0.6) is 0 Å². The van der Waals surface area contributed by atoms with Crippen LogP contribution in [-0.4, -0.2) is 12.2 Å². The lowest BCUT2D eigenvalue weighted by molar-refractivity contribution is -0.134. The maximum atomic E-state index is 10.4. The van der Waals surface area contributed by atoms with Crippen molar-refractivity contribution >= 4 is 45.5 Å². The van der Waals surface area contributed by atoms with E-state index in [0.29, 0.717) is 0 Å². The Morgan fingerprint density at radius 3 is 2.11 bits per heavy atom. The van der Waals surface area contributed by atoms with Crippen LogP contribution in [0.4, 0.5) is 0 Å². The predicted molar refractivity (Wildman–Crippen MR) is 39.7 cm³/mol. The van der Waals surface area contributed by atoms with Crippen molar-refractivity contribution < 1.29 is 9.22 Å². The van der Waals surface area contributed by atoms with E-state index in [1.807, 2.05) is 0 Å². The summed E-state index contributed by atoms with van der Waals surface area (Å²) in [7, 11) is 0. The minimum Gasteiger partial charge on any atom is -0.481 e. The van der Waals surface area contributed by atoms with Gasteiger partial charge in [0.2, 0.25) is 0 Å². The quantitative estimate of drug-likeness (QED) is 0.512. The van der Waals surface area contributed by atoms with Crippen LogP contribution in [0.15, 0.2) is 0 Å². The Labute approximate surface area is 68.3 Å². The first-order valence-electron chi connectivity index (χ1n) is 2.24. The summed E-state index contributed by atoms with van der Waals surface area (Å²) < 4.78 is 4.38. The minimum absolute atomic E-state index is 0.237. The SMILES string of the molecule is CCC(=O)O[Si](Cl)(Cl)Cl. The van der Waals surface area contributed by atoms with Crippen LogP contribution < -0.4 is 0 Å². The van der Waals surface area contributed by atoms with Crippen LogP contribution in [0, 0.1) is 0 Å². The molecule has 0 aromatic carbocycles. The summed E-state index contributed by atoms with van der Waals surface area (Å²) in [6, 6.07) is 0. The molecule has 0 aliphatic rings. The molecule has 0 aliphatic heterocycles. The van der Waals surface area contributed by atoms with Gasteiger partial charge < -0.3 is 4.43 Å². The molecule has 0 atom stereocenters. The smallest absolute Gasteiger partial charge is 0.481 e. The average Bonchev–Trinajstić information content (AvgIpc) is 1.62. The zero-order valence-electron chi connectivity index (χ0n) is 4.66. The van der Waals surface area contributed by atoms with E-state index in [2.05, 4.69) is 4.43 Å². The van der Waals surface area contributed by atoms with Gasteiger partial charge in [0.15, 0.2) is 0 Å². The fraction of sp³-hybridized carbons (Fsp3) is 0.667. The molecule has 54 valence electrons. The lowest BCUT2D eigenvalue weighted by Gasteiger charge is -2.06. The van der Waals surface area contributed by atoms with Crippen LogP contribution in [0.3, 0.4) is 0 Å². The van der Waals surface area contributed by atoms with Crippen molar-refractivity contribution in [1.29, 1.82) is 0 Å². The molecule has 0 saturated carbocycles. The zero-order valence-corrected chi connectivity index (χ0v) is 7.93. The van der Waals surface area contributed by atoms with Gasteiger partial charge in [-0.2, -0.15) is 0 Å². The Bertz CT molecular complexity index is 110. The second kappa shape index (κ2) is 3.66. The first-order chi connectivity index (χ1) is 3.95. The van der Waals surface area contributed by atoms with Crippen molar-refractivity contribution in [3.05, 3.63) is 0 Å². The molecule has 0 unspecified atom stereocenters. The third kappa shape index (κ3) is 6.44. The number of halogens is 3. The number of hydrogen-bond acceptors (Lipinski definition) is 2. The molecule has 0 rings (SSSR count). The van der Waals surface area contributed by atoms with E-state index in [1.165, 1.54) is 0 Å².